The number of carbonyl (C=O) groups excluding carboxylic acids is 1. The Morgan fingerprint density at radius 2 is 1.95 bits per heavy atom. The summed E-state index contributed by atoms with van der Waals surface area (Å²) >= 11 is 0. The zero-order chi connectivity index (χ0) is 15.1. The molecule has 0 aliphatic heterocycles. The van der Waals surface area contributed by atoms with E-state index >= 15 is 0 Å². The van der Waals surface area contributed by atoms with Crippen LogP contribution in [0, 0.1) is 11.7 Å². The number of benzene rings is 1. The van der Waals surface area contributed by atoms with Crippen molar-refractivity contribution in [3.05, 3.63) is 41.7 Å². The van der Waals surface area contributed by atoms with Crippen LogP contribution in [0.5, 0.6) is 0 Å². The summed E-state index contributed by atoms with van der Waals surface area (Å²) in [6.45, 7) is 4.77. The summed E-state index contributed by atoms with van der Waals surface area (Å²) in [6, 6.07) is 6.11. The van der Waals surface area contributed by atoms with E-state index in [0.29, 0.717) is 12.5 Å². The molecule has 0 saturated heterocycles. The van der Waals surface area contributed by atoms with Crippen LogP contribution < -0.4 is 5.73 Å². The summed E-state index contributed by atoms with van der Waals surface area (Å²) in [5, 5.41) is 0. The average Bonchev–Trinajstić information content (AvgIpc) is 2.43. The van der Waals surface area contributed by atoms with Crippen LogP contribution in [0.2, 0.25) is 0 Å². The third-order valence-corrected chi connectivity index (χ3v) is 3.32. The van der Waals surface area contributed by atoms with Crippen molar-refractivity contribution in [2.24, 2.45) is 11.7 Å². The van der Waals surface area contributed by atoms with E-state index < -0.39 is 0 Å². The van der Waals surface area contributed by atoms with Crippen molar-refractivity contribution in [1.29, 1.82) is 0 Å². The summed E-state index contributed by atoms with van der Waals surface area (Å²) in [5.74, 6) is 0.0480. The van der Waals surface area contributed by atoms with Gasteiger partial charge in [-0.3, -0.25) is 4.79 Å². The van der Waals surface area contributed by atoms with Crippen LogP contribution in [0.25, 0.3) is 6.08 Å². The molecular formula is C16H23FN2O. The van der Waals surface area contributed by atoms with Crippen LogP contribution in [0.15, 0.2) is 30.3 Å². The Balaban J connectivity index is 2.47. The molecule has 0 heterocycles. The molecule has 2 N–H and O–H groups in total. The SMILES string of the molecule is CC(C)C(N)CCN(C)C(=O)/C=C/c1ccc(F)cc1. The van der Waals surface area contributed by atoms with Gasteiger partial charge in [0.25, 0.3) is 0 Å². The molecule has 1 rings (SSSR count). The van der Waals surface area contributed by atoms with Crippen molar-refractivity contribution in [3.8, 4) is 0 Å². The van der Waals surface area contributed by atoms with Crippen LogP contribution >= 0.6 is 0 Å². The second-order valence-corrected chi connectivity index (χ2v) is 5.34. The molecule has 20 heavy (non-hydrogen) atoms. The molecule has 0 saturated carbocycles. The van der Waals surface area contributed by atoms with Crippen molar-refractivity contribution in [1.82, 2.24) is 4.90 Å². The van der Waals surface area contributed by atoms with E-state index in [1.807, 2.05) is 0 Å². The Morgan fingerprint density at radius 1 is 1.35 bits per heavy atom. The third kappa shape index (κ3) is 5.53. The van der Waals surface area contributed by atoms with E-state index in [2.05, 4.69) is 13.8 Å². The minimum absolute atomic E-state index is 0.0784. The van der Waals surface area contributed by atoms with Gasteiger partial charge in [-0.2, -0.15) is 0 Å². The molecule has 0 spiro atoms. The smallest absolute Gasteiger partial charge is 0.246 e. The molecular weight excluding hydrogens is 255 g/mol. The largest absolute Gasteiger partial charge is 0.342 e. The number of likely N-dealkylation sites (N-methyl/N-ethyl adjacent to an activating group) is 1. The highest BCUT2D eigenvalue weighted by Gasteiger charge is 2.10. The van der Waals surface area contributed by atoms with Gasteiger partial charge in [-0.1, -0.05) is 26.0 Å². The summed E-state index contributed by atoms with van der Waals surface area (Å²) in [5.41, 5.74) is 6.75. The average molecular weight is 278 g/mol. The van der Waals surface area contributed by atoms with Crippen molar-refractivity contribution in [2.75, 3.05) is 13.6 Å². The maximum absolute atomic E-state index is 12.7. The van der Waals surface area contributed by atoms with Gasteiger partial charge in [0, 0.05) is 25.7 Å². The Kier molecular flexibility index (Phi) is 6.39. The van der Waals surface area contributed by atoms with Gasteiger partial charge >= 0.3 is 0 Å². The predicted molar refractivity (Wildman–Crippen MR) is 80.5 cm³/mol. The first-order valence-electron chi connectivity index (χ1n) is 6.84. The highest BCUT2D eigenvalue weighted by Crippen LogP contribution is 2.06. The molecule has 110 valence electrons. The molecule has 1 aromatic rings. The van der Waals surface area contributed by atoms with Crippen LogP contribution in [-0.2, 0) is 4.79 Å². The predicted octanol–water partition coefficient (Wildman–Crippen LogP) is 2.67. The Hall–Kier alpha value is -1.68. The maximum atomic E-state index is 12.7. The van der Waals surface area contributed by atoms with Crippen molar-refractivity contribution < 1.29 is 9.18 Å². The molecule has 1 unspecified atom stereocenters. The summed E-state index contributed by atoms with van der Waals surface area (Å²) in [6.07, 6.45) is 3.96. The third-order valence-electron chi connectivity index (χ3n) is 3.32. The molecule has 1 amide bonds. The molecule has 0 radical (unpaired) electrons. The molecule has 1 aromatic carbocycles. The van der Waals surface area contributed by atoms with Gasteiger partial charge in [-0.25, -0.2) is 4.39 Å². The molecule has 0 aromatic heterocycles. The molecule has 0 aliphatic rings. The fourth-order valence-electron chi connectivity index (χ4n) is 1.65. The lowest BCUT2D eigenvalue weighted by Gasteiger charge is -2.20. The van der Waals surface area contributed by atoms with E-state index in [4.69, 9.17) is 5.73 Å². The fourth-order valence-corrected chi connectivity index (χ4v) is 1.65. The number of hydrogen-bond donors (Lipinski definition) is 1. The highest BCUT2D eigenvalue weighted by molar-refractivity contribution is 5.91. The van der Waals surface area contributed by atoms with E-state index in [1.54, 1.807) is 30.2 Å². The van der Waals surface area contributed by atoms with Gasteiger partial charge in [0.15, 0.2) is 0 Å². The van der Waals surface area contributed by atoms with Crippen LogP contribution in [0.4, 0.5) is 4.39 Å². The van der Waals surface area contributed by atoms with Crippen molar-refractivity contribution in [3.63, 3.8) is 0 Å². The normalized spacial score (nSPS) is 12.9. The lowest BCUT2D eigenvalue weighted by Crippen LogP contribution is -2.33. The van der Waals surface area contributed by atoms with Gasteiger partial charge in [0.05, 0.1) is 0 Å². The van der Waals surface area contributed by atoms with Gasteiger partial charge < -0.3 is 10.6 Å². The number of amides is 1. The van der Waals surface area contributed by atoms with Crippen LogP contribution in [0.1, 0.15) is 25.8 Å². The maximum Gasteiger partial charge on any atom is 0.246 e. The fraction of sp³-hybridized carbons (Fsp3) is 0.438. The van der Waals surface area contributed by atoms with Crippen LogP contribution in [0.3, 0.4) is 0 Å². The van der Waals surface area contributed by atoms with Gasteiger partial charge in [-0.05, 0) is 36.1 Å². The lowest BCUT2D eigenvalue weighted by molar-refractivity contribution is -0.124. The van der Waals surface area contributed by atoms with E-state index in [-0.39, 0.29) is 17.8 Å². The van der Waals surface area contributed by atoms with Crippen molar-refractivity contribution in [2.45, 2.75) is 26.3 Å². The first kappa shape index (κ1) is 16.4. The van der Waals surface area contributed by atoms with E-state index in [0.717, 1.165) is 12.0 Å². The van der Waals surface area contributed by atoms with E-state index in [9.17, 15) is 9.18 Å². The van der Waals surface area contributed by atoms with Crippen molar-refractivity contribution >= 4 is 12.0 Å². The summed E-state index contributed by atoms with van der Waals surface area (Å²) < 4.78 is 12.7. The minimum atomic E-state index is -0.284. The number of carbonyl (C=O) groups is 1. The lowest BCUT2D eigenvalue weighted by atomic mass is 10.0. The molecule has 0 aliphatic carbocycles. The first-order valence-corrected chi connectivity index (χ1v) is 6.84. The Bertz CT molecular complexity index is 454. The van der Waals surface area contributed by atoms with Gasteiger partial charge in [0.1, 0.15) is 5.82 Å². The zero-order valence-corrected chi connectivity index (χ0v) is 12.3. The Morgan fingerprint density at radius 3 is 2.50 bits per heavy atom. The molecule has 3 nitrogen and oxygen atoms in total. The number of halogens is 1. The van der Waals surface area contributed by atoms with E-state index in [1.165, 1.54) is 18.2 Å². The second kappa shape index (κ2) is 7.80. The van der Waals surface area contributed by atoms with Gasteiger partial charge in [0.2, 0.25) is 5.91 Å². The first-order chi connectivity index (χ1) is 9.40. The number of rotatable bonds is 6. The molecule has 4 heteroatoms. The minimum Gasteiger partial charge on any atom is -0.342 e. The Labute approximate surface area is 120 Å². The topological polar surface area (TPSA) is 46.3 Å². The quantitative estimate of drug-likeness (QED) is 0.813. The number of nitrogens with two attached hydrogens (primary N) is 1. The molecule has 1 atom stereocenters. The zero-order valence-electron chi connectivity index (χ0n) is 12.3. The monoisotopic (exact) mass is 278 g/mol. The van der Waals surface area contributed by atoms with Crippen LogP contribution in [-0.4, -0.2) is 30.4 Å². The molecule has 0 bridgehead atoms. The highest BCUT2D eigenvalue weighted by atomic mass is 19.1. The molecule has 0 fully saturated rings. The summed E-state index contributed by atoms with van der Waals surface area (Å²) in [7, 11) is 1.75. The summed E-state index contributed by atoms with van der Waals surface area (Å²) in [4.78, 5) is 13.5. The standard InChI is InChI=1S/C16H23FN2O/c1-12(2)15(18)10-11-19(3)16(20)9-6-13-4-7-14(17)8-5-13/h4-9,12,15H,10-11,18H2,1-3H3/b9-6+. The number of nitrogens with zero attached hydrogens (tertiary/aromatic N) is 1. The number of hydrogen-bond acceptors (Lipinski definition) is 2. The van der Waals surface area contributed by atoms with Gasteiger partial charge in [-0.15, -0.1) is 0 Å². The second-order valence-electron chi connectivity index (χ2n) is 5.34.